The van der Waals surface area contributed by atoms with E-state index in [1.54, 1.807) is 0 Å². The number of nitrogens with zero attached hydrogens (tertiary/aromatic N) is 1. The number of ether oxygens (including phenoxy) is 3. The first-order valence-corrected chi connectivity index (χ1v) is 14.3. The number of carboxylic acids is 1. The molecule has 5 aliphatic carbocycles. The van der Waals surface area contributed by atoms with Gasteiger partial charge in [-0.05, 0) is 74.5 Å². The predicted octanol–water partition coefficient (Wildman–Crippen LogP) is 4.34. The Kier molecular flexibility index (Phi) is 6.05. The molecule has 1 aromatic rings. The molecule has 37 heavy (non-hydrogen) atoms. The summed E-state index contributed by atoms with van der Waals surface area (Å²) in [7, 11) is 0. The highest BCUT2D eigenvalue weighted by atomic mass is 17.3. The van der Waals surface area contributed by atoms with E-state index in [0.29, 0.717) is 31.3 Å². The van der Waals surface area contributed by atoms with Gasteiger partial charge < -0.3 is 19.3 Å². The maximum Gasteiger partial charge on any atom is 0.309 e. The van der Waals surface area contributed by atoms with Crippen LogP contribution in [0.1, 0.15) is 69.3 Å². The first-order valence-electron chi connectivity index (χ1n) is 14.3. The summed E-state index contributed by atoms with van der Waals surface area (Å²) in [6.45, 7) is 5.21. The smallest absolute Gasteiger partial charge is 0.309 e. The van der Waals surface area contributed by atoms with Crippen LogP contribution in [0.15, 0.2) is 24.3 Å². The molecule has 8 heteroatoms. The Labute approximate surface area is 218 Å². The molecule has 1 N–H and O–H groups in total. The third-order valence-corrected chi connectivity index (χ3v) is 10.3. The number of rotatable bonds is 6. The van der Waals surface area contributed by atoms with Crippen LogP contribution in [-0.4, -0.2) is 67.0 Å². The molecule has 2 unspecified atom stereocenters. The number of carboxylic acid groups (broad SMARTS) is 1. The van der Waals surface area contributed by atoms with Gasteiger partial charge in [-0.3, -0.25) is 9.69 Å². The summed E-state index contributed by atoms with van der Waals surface area (Å²) in [5.74, 6) is 0.0156. The van der Waals surface area contributed by atoms with Crippen molar-refractivity contribution < 1.29 is 33.9 Å². The lowest BCUT2D eigenvalue weighted by atomic mass is 9.47. The summed E-state index contributed by atoms with van der Waals surface area (Å²) in [4.78, 5) is 26.7. The van der Waals surface area contributed by atoms with E-state index in [4.69, 9.17) is 24.0 Å². The minimum Gasteiger partial charge on any atom is -0.492 e. The van der Waals surface area contributed by atoms with Crippen LogP contribution in [0.5, 0.6) is 5.75 Å². The minimum atomic E-state index is -0.747. The summed E-state index contributed by atoms with van der Waals surface area (Å²) >= 11 is 0. The van der Waals surface area contributed by atoms with E-state index >= 15 is 0 Å². The van der Waals surface area contributed by atoms with Crippen molar-refractivity contribution in [1.29, 1.82) is 0 Å². The zero-order chi connectivity index (χ0) is 25.1. The van der Waals surface area contributed by atoms with Crippen LogP contribution >= 0.6 is 0 Å². The van der Waals surface area contributed by atoms with E-state index in [1.807, 2.05) is 0 Å². The van der Waals surface area contributed by atoms with Gasteiger partial charge in [0.25, 0.3) is 0 Å². The molecule has 8 rings (SSSR count). The van der Waals surface area contributed by atoms with Crippen LogP contribution in [0.25, 0.3) is 0 Å². The Morgan fingerprint density at radius 1 is 1.00 bits per heavy atom. The quantitative estimate of drug-likeness (QED) is 0.563. The highest BCUT2D eigenvalue weighted by molar-refractivity contribution is 5.75. The van der Waals surface area contributed by atoms with Gasteiger partial charge in [0, 0.05) is 44.3 Å². The molecule has 0 amide bonds. The fourth-order valence-corrected chi connectivity index (χ4v) is 8.49. The summed E-state index contributed by atoms with van der Waals surface area (Å²) in [5, 5.41) is 9.98. The molecule has 7 aliphatic rings. The summed E-state index contributed by atoms with van der Waals surface area (Å²) < 4.78 is 18.2. The Hall–Kier alpha value is -1.71. The van der Waals surface area contributed by atoms with Crippen molar-refractivity contribution in [2.45, 2.75) is 75.3 Å². The number of morpholine rings is 1. The second-order valence-corrected chi connectivity index (χ2v) is 12.5. The molecule has 2 aliphatic heterocycles. The number of benzene rings is 1. The lowest BCUT2D eigenvalue weighted by Gasteiger charge is -2.60. The highest BCUT2D eigenvalue weighted by Gasteiger charge is 2.71. The minimum absolute atomic E-state index is 0.114. The maximum absolute atomic E-state index is 12.1. The van der Waals surface area contributed by atoms with Gasteiger partial charge >= 0.3 is 5.97 Å². The van der Waals surface area contributed by atoms with Gasteiger partial charge in [-0.2, -0.15) is 9.78 Å². The third-order valence-electron chi connectivity index (χ3n) is 10.3. The van der Waals surface area contributed by atoms with Crippen molar-refractivity contribution in [3.8, 4) is 5.75 Å². The summed E-state index contributed by atoms with van der Waals surface area (Å²) in [6.07, 6.45) is 7.66. The predicted molar refractivity (Wildman–Crippen MR) is 133 cm³/mol. The second kappa shape index (κ2) is 9.19. The van der Waals surface area contributed by atoms with Crippen LogP contribution < -0.4 is 4.74 Å². The van der Waals surface area contributed by atoms with Crippen LogP contribution in [0.2, 0.25) is 0 Å². The molecular formula is C29H39NO7. The van der Waals surface area contributed by atoms with Crippen molar-refractivity contribution in [3.63, 3.8) is 0 Å². The van der Waals surface area contributed by atoms with Gasteiger partial charge in [0.05, 0.1) is 18.6 Å². The van der Waals surface area contributed by atoms with Crippen LogP contribution in [0, 0.1) is 23.2 Å². The van der Waals surface area contributed by atoms with E-state index in [9.17, 15) is 9.90 Å². The zero-order valence-corrected chi connectivity index (χ0v) is 21.6. The van der Waals surface area contributed by atoms with Crippen molar-refractivity contribution >= 4 is 5.97 Å². The largest absolute Gasteiger partial charge is 0.492 e. The van der Waals surface area contributed by atoms with Crippen LogP contribution in [0.3, 0.4) is 0 Å². The first-order chi connectivity index (χ1) is 18.0. The molecular weight excluding hydrogens is 474 g/mol. The van der Waals surface area contributed by atoms with Crippen molar-refractivity contribution in [3.05, 3.63) is 29.8 Å². The number of carbonyl (C=O) groups is 1. The normalized spacial score (nSPS) is 43.0. The van der Waals surface area contributed by atoms with E-state index < -0.39 is 23.0 Å². The second-order valence-electron chi connectivity index (χ2n) is 12.5. The fraction of sp³-hybridized carbons (Fsp3) is 0.759. The van der Waals surface area contributed by atoms with Gasteiger partial charge in [-0.15, -0.1) is 0 Å². The molecule has 2 saturated heterocycles. The molecule has 202 valence electrons. The van der Waals surface area contributed by atoms with E-state index in [-0.39, 0.29) is 11.8 Å². The molecule has 4 bridgehead atoms. The van der Waals surface area contributed by atoms with Crippen LogP contribution in [0.4, 0.5) is 0 Å². The average molecular weight is 514 g/mol. The third kappa shape index (κ3) is 4.20. The Balaban J connectivity index is 0.942. The van der Waals surface area contributed by atoms with E-state index in [2.05, 4.69) is 29.2 Å². The summed E-state index contributed by atoms with van der Waals surface area (Å²) in [5.41, 5.74) is 0.752. The van der Waals surface area contributed by atoms with Crippen molar-refractivity contribution in [2.75, 3.05) is 39.5 Å². The molecule has 7 fully saturated rings. The Morgan fingerprint density at radius 3 is 2.38 bits per heavy atom. The summed E-state index contributed by atoms with van der Waals surface area (Å²) in [6, 6.07) is 8.58. The Morgan fingerprint density at radius 2 is 1.70 bits per heavy atom. The molecule has 1 aromatic carbocycles. The van der Waals surface area contributed by atoms with E-state index in [1.165, 1.54) is 5.56 Å². The van der Waals surface area contributed by atoms with Gasteiger partial charge in [0.2, 0.25) is 11.6 Å². The molecule has 2 atom stereocenters. The molecule has 5 saturated carbocycles. The zero-order valence-electron chi connectivity index (χ0n) is 21.6. The average Bonchev–Trinajstić information content (AvgIpc) is 3.28. The van der Waals surface area contributed by atoms with Gasteiger partial charge in [0.1, 0.15) is 12.4 Å². The van der Waals surface area contributed by atoms with Crippen molar-refractivity contribution in [1.82, 2.24) is 4.90 Å². The Bertz CT molecular complexity index is 982. The molecule has 2 heterocycles. The molecule has 8 nitrogen and oxygen atoms in total. The monoisotopic (exact) mass is 513 g/mol. The van der Waals surface area contributed by atoms with Crippen molar-refractivity contribution in [2.24, 2.45) is 23.2 Å². The fourth-order valence-electron chi connectivity index (χ4n) is 8.49. The topological polar surface area (TPSA) is 86.7 Å². The molecule has 0 aromatic heterocycles. The lowest BCUT2D eigenvalue weighted by Crippen LogP contribution is -2.64. The van der Waals surface area contributed by atoms with E-state index in [0.717, 1.165) is 83.5 Å². The van der Waals surface area contributed by atoms with Gasteiger partial charge in [-0.25, -0.2) is 0 Å². The number of hydrogen-bond donors (Lipinski definition) is 1. The molecule has 2 spiro atoms. The standard InChI is InChI=1S/C29H39NO7/c31-26(32)27-17-20-15-23(18-27)29(24(16-20)19-27)35-28(36-37-29)7-5-22(6-8-28)21-1-3-25(4-2-21)34-14-11-30-9-12-33-13-10-30/h1-4,20,22-24H,5-19H2,(H,31,32)/t20?,22?,23?,24?,27?,28-,29-. The highest BCUT2D eigenvalue weighted by Crippen LogP contribution is 2.67. The SMILES string of the molecule is O=C(O)C12CC3CC(C1)[C@]1(OO[C@]4(CCC(c5ccc(OCCN6CCOCC6)cc5)CC4)O1)C(C3)C2. The van der Waals surface area contributed by atoms with Gasteiger partial charge in [-0.1, -0.05) is 12.1 Å². The first kappa shape index (κ1) is 24.3. The molecule has 0 radical (unpaired) electrons. The number of hydrogen-bond acceptors (Lipinski definition) is 7. The maximum atomic E-state index is 12.1. The van der Waals surface area contributed by atoms with Crippen LogP contribution in [-0.2, 0) is 24.0 Å². The van der Waals surface area contributed by atoms with Gasteiger partial charge in [0.15, 0.2) is 0 Å². The number of aliphatic carboxylic acids is 1. The lowest BCUT2D eigenvalue weighted by molar-refractivity contribution is -0.393.